The average Bonchev–Trinajstić information content (AvgIpc) is 3.47. The molecule has 0 atom stereocenters. The molecule has 0 bridgehead atoms. The van der Waals surface area contributed by atoms with E-state index in [-0.39, 0.29) is 0 Å². The Kier molecular flexibility index (Phi) is 7.42. The van der Waals surface area contributed by atoms with Gasteiger partial charge in [-0.2, -0.15) is 0 Å². The van der Waals surface area contributed by atoms with Crippen molar-refractivity contribution in [3.8, 4) is 0 Å². The van der Waals surface area contributed by atoms with Crippen molar-refractivity contribution in [2.75, 3.05) is 22.9 Å². The van der Waals surface area contributed by atoms with Crippen LogP contribution < -0.4 is 9.80 Å². The minimum atomic E-state index is -0.672. The highest BCUT2D eigenvalue weighted by Crippen LogP contribution is 2.51. The van der Waals surface area contributed by atoms with Crippen molar-refractivity contribution in [3.05, 3.63) is 95.0 Å². The van der Waals surface area contributed by atoms with Crippen LogP contribution in [-0.4, -0.2) is 24.3 Å². The lowest BCUT2D eigenvalue weighted by Gasteiger charge is -2.22. The second-order valence-electron chi connectivity index (χ2n) is 9.98. The molecule has 1 N–H and O–H groups in total. The molecule has 38 heavy (non-hydrogen) atoms. The van der Waals surface area contributed by atoms with Crippen molar-refractivity contribution in [2.24, 2.45) is 0 Å². The summed E-state index contributed by atoms with van der Waals surface area (Å²) in [6.07, 6.45) is 7.92. The quantitative estimate of drug-likeness (QED) is 0.241. The average molecular weight is 539 g/mol. The first-order valence-electron chi connectivity index (χ1n) is 13.7. The van der Waals surface area contributed by atoms with Gasteiger partial charge in [0.25, 0.3) is 0 Å². The molecule has 0 saturated carbocycles. The maximum absolute atomic E-state index is 11.4. The van der Waals surface area contributed by atoms with Crippen molar-refractivity contribution in [1.82, 2.24) is 0 Å². The van der Waals surface area contributed by atoms with E-state index < -0.39 is 6.10 Å². The molecule has 6 rings (SSSR count). The predicted molar refractivity (Wildman–Crippen MR) is 166 cm³/mol. The number of hydrogen-bond acceptors (Lipinski definition) is 5. The molecule has 0 unspecified atom stereocenters. The van der Waals surface area contributed by atoms with Crippen LogP contribution in [0.5, 0.6) is 0 Å². The third-order valence-corrected chi connectivity index (χ3v) is 9.74. The van der Waals surface area contributed by atoms with Crippen LogP contribution in [0, 0.1) is 0 Å². The molecule has 4 aromatic carbocycles. The minimum Gasteiger partial charge on any atom is -0.385 e. The number of hydrogen-bond donors (Lipinski definition) is 1. The van der Waals surface area contributed by atoms with Gasteiger partial charge in [0.2, 0.25) is 0 Å². The first-order valence-corrected chi connectivity index (χ1v) is 15.4. The zero-order valence-corrected chi connectivity index (χ0v) is 23.7. The Labute approximate surface area is 234 Å². The van der Waals surface area contributed by atoms with E-state index in [0.717, 1.165) is 48.8 Å². The van der Waals surface area contributed by atoms with Gasteiger partial charge in [-0.3, -0.25) is 0 Å². The number of nitrogens with zero attached hydrogens (tertiary/aromatic N) is 2. The van der Waals surface area contributed by atoms with Crippen LogP contribution >= 0.6 is 23.5 Å². The lowest BCUT2D eigenvalue weighted by molar-refractivity contribution is 0.270. The van der Waals surface area contributed by atoms with E-state index in [2.05, 4.69) is 96.4 Å². The third-order valence-electron chi connectivity index (χ3n) is 7.34. The molecule has 5 heteroatoms. The molecule has 2 aliphatic heterocycles. The van der Waals surface area contributed by atoms with Gasteiger partial charge in [0.15, 0.2) is 0 Å². The summed E-state index contributed by atoms with van der Waals surface area (Å²) in [6, 6.07) is 26.1. The lowest BCUT2D eigenvalue weighted by atomic mass is 10.1. The van der Waals surface area contributed by atoms with Crippen LogP contribution in [0.3, 0.4) is 0 Å². The summed E-state index contributed by atoms with van der Waals surface area (Å²) in [4.78, 5) is 7.39. The Hall–Kier alpha value is -2.86. The van der Waals surface area contributed by atoms with Gasteiger partial charge in [0, 0.05) is 22.9 Å². The van der Waals surface area contributed by atoms with Gasteiger partial charge in [-0.15, -0.1) is 0 Å². The summed E-state index contributed by atoms with van der Waals surface area (Å²) in [7, 11) is 0. The van der Waals surface area contributed by atoms with Crippen LogP contribution in [0.15, 0.2) is 105 Å². The zero-order valence-electron chi connectivity index (χ0n) is 22.1. The molecule has 194 valence electrons. The van der Waals surface area contributed by atoms with Gasteiger partial charge >= 0.3 is 0 Å². The monoisotopic (exact) mass is 538 g/mol. The predicted octanol–water partition coefficient (Wildman–Crippen LogP) is 9.16. The fraction of sp³-hybridized carbons (Fsp3) is 0.273. The molecule has 0 spiro atoms. The van der Waals surface area contributed by atoms with E-state index in [4.69, 9.17) is 0 Å². The van der Waals surface area contributed by atoms with Crippen LogP contribution in [0.1, 0.15) is 39.5 Å². The van der Waals surface area contributed by atoms with Gasteiger partial charge in [-0.1, -0.05) is 111 Å². The van der Waals surface area contributed by atoms with Gasteiger partial charge in [-0.05, 0) is 58.7 Å². The molecule has 0 aliphatic carbocycles. The molecule has 2 heterocycles. The first kappa shape index (κ1) is 25.4. The standard InChI is InChI=1S/C33H34N2OS2/c1-3-5-19-34-28-17-15-23-11-7-9-13-26(23)32(28)37-30(34)21-25(36)22-31-35(20-6-4-2)29-18-16-24-12-8-10-14-27(24)33(29)38-31/h7-18,21-22,25,36H,3-6,19-20H2,1-2H3. The van der Waals surface area contributed by atoms with Crippen molar-refractivity contribution in [3.63, 3.8) is 0 Å². The van der Waals surface area contributed by atoms with Crippen molar-refractivity contribution in [1.29, 1.82) is 0 Å². The van der Waals surface area contributed by atoms with Gasteiger partial charge in [-0.25, -0.2) is 0 Å². The Morgan fingerprint density at radius 1 is 0.658 bits per heavy atom. The Morgan fingerprint density at radius 3 is 1.55 bits per heavy atom. The molecule has 2 aliphatic rings. The van der Waals surface area contributed by atoms with Crippen molar-refractivity contribution < 1.29 is 5.11 Å². The summed E-state index contributed by atoms with van der Waals surface area (Å²) >= 11 is 3.58. The molecule has 0 amide bonds. The van der Waals surface area contributed by atoms with E-state index in [9.17, 15) is 5.11 Å². The summed E-state index contributed by atoms with van der Waals surface area (Å²) in [5.41, 5.74) is 2.51. The SMILES string of the molecule is CCCCN1C(=CC(O)C=C2Sc3c(ccc4ccccc34)N2CCCC)Sc2c1ccc1ccccc21. The largest absolute Gasteiger partial charge is 0.385 e. The van der Waals surface area contributed by atoms with Crippen LogP contribution in [-0.2, 0) is 0 Å². The van der Waals surface area contributed by atoms with E-state index in [1.165, 1.54) is 42.7 Å². The highest BCUT2D eigenvalue weighted by molar-refractivity contribution is 8.04. The normalized spacial score (nSPS) is 17.7. The number of anilines is 2. The maximum Gasteiger partial charge on any atom is 0.0959 e. The summed E-state index contributed by atoms with van der Waals surface area (Å²) in [5, 5.41) is 18.7. The number of unbranched alkanes of at least 4 members (excludes halogenated alkanes) is 2. The topological polar surface area (TPSA) is 26.7 Å². The molecule has 0 radical (unpaired) electrons. The lowest BCUT2D eigenvalue weighted by Crippen LogP contribution is -2.21. The molecular weight excluding hydrogens is 505 g/mol. The third kappa shape index (κ3) is 4.72. The molecule has 3 nitrogen and oxygen atoms in total. The second-order valence-corrected chi connectivity index (χ2v) is 12.0. The number of thioether (sulfide) groups is 2. The number of aliphatic hydroxyl groups is 1. The maximum atomic E-state index is 11.4. The molecular formula is C33H34N2OS2. The number of benzene rings is 4. The first-order chi connectivity index (χ1) is 18.7. The van der Waals surface area contributed by atoms with Gasteiger partial charge in [0.1, 0.15) is 0 Å². The summed E-state index contributed by atoms with van der Waals surface area (Å²) in [6.45, 7) is 6.38. The number of fused-ring (bicyclic) bond motifs is 6. The van der Waals surface area contributed by atoms with Crippen LogP contribution in [0.4, 0.5) is 11.4 Å². The molecule has 0 aromatic heterocycles. The highest BCUT2D eigenvalue weighted by atomic mass is 32.2. The molecule has 0 saturated heterocycles. The van der Waals surface area contributed by atoms with Crippen LogP contribution in [0.2, 0.25) is 0 Å². The molecule has 4 aromatic rings. The summed E-state index contributed by atoms with van der Waals surface area (Å²) in [5.74, 6) is 0. The van der Waals surface area contributed by atoms with Crippen molar-refractivity contribution in [2.45, 2.75) is 55.4 Å². The smallest absolute Gasteiger partial charge is 0.0959 e. The minimum absolute atomic E-state index is 0.672. The van der Waals surface area contributed by atoms with Crippen LogP contribution in [0.25, 0.3) is 21.5 Å². The highest BCUT2D eigenvalue weighted by Gasteiger charge is 2.29. The second kappa shape index (κ2) is 11.1. The fourth-order valence-corrected chi connectivity index (χ4v) is 7.93. The zero-order chi connectivity index (χ0) is 26.1. The van der Waals surface area contributed by atoms with Gasteiger partial charge in [0.05, 0.1) is 27.5 Å². The fourth-order valence-electron chi connectivity index (χ4n) is 5.34. The Bertz CT molecular complexity index is 1430. The van der Waals surface area contributed by atoms with E-state index in [1.54, 1.807) is 23.5 Å². The number of rotatable bonds is 8. The Balaban J connectivity index is 1.34. The van der Waals surface area contributed by atoms with E-state index in [1.807, 2.05) is 12.2 Å². The Morgan fingerprint density at radius 2 is 1.11 bits per heavy atom. The number of aliphatic hydroxyl groups excluding tert-OH is 1. The molecule has 0 fully saturated rings. The van der Waals surface area contributed by atoms with Gasteiger partial charge < -0.3 is 14.9 Å². The van der Waals surface area contributed by atoms with Crippen molar-refractivity contribution >= 4 is 56.4 Å². The van der Waals surface area contributed by atoms with E-state index in [0.29, 0.717) is 0 Å². The van der Waals surface area contributed by atoms with E-state index >= 15 is 0 Å². The summed E-state index contributed by atoms with van der Waals surface area (Å²) < 4.78 is 0.